The number of para-hydroxylation sites is 1. The van der Waals surface area contributed by atoms with Crippen molar-refractivity contribution in [3.8, 4) is 0 Å². The van der Waals surface area contributed by atoms with Crippen LogP contribution >= 0.6 is 0 Å². The largest absolute Gasteiger partial charge is 0.450 e. The van der Waals surface area contributed by atoms with Crippen LogP contribution < -0.4 is 5.32 Å². The highest BCUT2D eigenvalue weighted by Crippen LogP contribution is 2.28. The van der Waals surface area contributed by atoms with Gasteiger partial charge in [-0.15, -0.1) is 0 Å². The lowest BCUT2D eigenvalue weighted by Crippen LogP contribution is -2.52. The van der Waals surface area contributed by atoms with Gasteiger partial charge in [-0.2, -0.15) is 0 Å². The Bertz CT molecular complexity index is 973. The number of furan rings is 1. The molecule has 7 heteroatoms. The van der Waals surface area contributed by atoms with Crippen LogP contribution in [0.15, 0.2) is 22.6 Å². The van der Waals surface area contributed by atoms with E-state index in [2.05, 4.69) is 10.2 Å². The van der Waals surface area contributed by atoms with Gasteiger partial charge in [-0.1, -0.05) is 24.6 Å². The van der Waals surface area contributed by atoms with E-state index in [1.165, 1.54) is 6.42 Å². The van der Waals surface area contributed by atoms with Crippen molar-refractivity contribution in [3.63, 3.8) is 0 Å². The third-order valence-corrected chi connectivity index (χ3v) is 7.58. The molecule has 3 heterocycles. The van der Waals surface area contributed by atoms with Crippen molar-refractivity contribution in [3.05, 3.63) is 35.1 Å². The van der Waals surface area contributed by atoms with E-state index < -0.39 is 15.9 Å². The lowest BCUT2D eigenvalue weighted by Gasteiger charge is -2.34. The molecule has 27 heavy (non-hydrogen) atoms. The zero-order chi connectivity index (χ0) is 19.2. The van der Waals surface area contributed by atoms with Gasteiger partial charge >= 0.3 is 0 Å². The number of carbonyl (C=O) groups is 1. The third kappa shape index (κ3) is 3.50. The van der Waals surface area contributed by atoms with Crippen LogP contribution in [0.4, 0.5) is 0 Å². The number of hydrogen-bond acceptors (Lipinski definition) is 5. The number of aryl methyl sites for hydroxylation is 2. The van der Waals surface area contributed by atoms with Crippen molar-refractivity contribution in [1.82, 2.24) is 10.2 Å². The SMILES string of the molecule is Cc1c(C(=O)NC2CS(=O)(=O)CC2N2CCCCC2)oc2c(C)cccc12. The molecule has 1 amide bonds. The molecule has 1 aromatic carbocycles. The van der Waals surface area contributed by atoms with Crippen LogP contribution in [0.25, 0.3) is 11.0 Å². The number of nitrogens with one attached hydrogen (secondary N) is 1. The molecule has 4 rings (SSSR count). The van der Waals surface area contributed by atoms with E-state index in [1.807, 2.05) is 32.0 Å². The van der Waals surface area contributed by atoms with E-state index in [4.69, 9.17) is 4.42 Å². The maximum absolute atomic E-state index is 12.9. The smallest absolute Gasteiger partial charge is 0.287 e. The highest BCUT2D eigenvalue weighted by Gasteiger charge is 2.42. The van der Waals surface area contributed by atoms with Crippen LogP contribution in [0.5, 0.6) is 0 Å². The molecule has 2 aromatic rings. The molecule has 146 valence electrons. The molecule has 2 saturated heterocycles. The van der Waals surface area contributed by atoms with E-state index in [0.717, 1.165) is 42.4 Å². The summed E-state index contributed by atoms with van der Waals surface area (Å²) in [5, 5.41) is 3.89. The van der Waals surface area contributed by atoms with Gasteiger partial charge in [0, 0.05) is 17.0 Å². The molecule has 0 saturated carbocycles. The summed E-state index contributed by atoms with van der Waals surface area (Å²) in [7, 11) is -3.15. The molecule has 2 fully saturated rings. The van der Waals surface area contributed by atoms with Crippen LogP contribution in [0, 0.1) is 13.8 Å². The number of piperidine rings is 1. The molecule has 2 aliphatic heterocycles. The number of hydrogen-bond donors (Lipinski definition) is 1. The first kappa shape index (κ1) is 18.5. The third-order valence-electron chi connectivity index (χ3n) is 5.87. The Labute approximate surface area is 159 Å². The van der Waals surface area contributed by atoms with E-state index in [0.29, 0.717) is 5.58 Å². The summed E-state index contributed by atoms with van der Waals surface area (Å²) in [6, 6.07) is 5.29. The maximum Gasteiger partial charge on any atom is 0.287 e. The number of carbonyl (C=O) groups excluding carboxylic acids is 1. The fraction of sp³-hybridized carbons (Fsp3) is 0.550. The Morgan fingerprint density at radius 3 is 2.59 bits per heavy atom. The molecular formula is C20H26N2O4S. The van der Waals surface area contributed by atoms with Crippen molar-refractivity contribution in [2.45, 2.75) is 45.2 Å². The van der Waals surface area contributed by atoms with Gasteiger partial charge in [0.15, 0.2) is 15.6 Å². The summed E-state index contributed by atoms with van der Waals surface area (Å²) >= 11 is 0. The fourth-order valence-corrected chi connectivity index (χ4v) is 6.36. The van der Waals surface area contributed by atoms with Gasteiger partial charge in [-0.05, 0) is 45.3 Å². The van der Waals surface area contributed by atoms with E-state index >= 15 is 0 Å². The minimum Gasteiger partial charge on any atom is -0.450 e. The Kier molecular flexibility index (Phi) is 4.76. The van der Waals surface area contributed by atoms with Crippen LogP contribution in [0.3, 0.4) is 0 Å². The standard InChI is InChI=1S/C20H26N2O4S/c1-13-7-6-8-15-14(2)19(26-18(13)15)20(23)21-16-11-27(24,25)12-17(16)22-9-4-3-5-10-22/h6-8,16-17H,3-5,9-12H2,1-2H3,(H,21,23). The van der Waals surface area contributed by atoms with Gasteiger partial charge in [-0.25, -0.2) is 8.42 Å². The van der Waals surface area contributed by atoms with E-state index in [9.17, 15) is 13.2 Å². The lowest BCUT2D eigenvalue weighted by atomic mass is 10.0. The first-order chi connectivity index (χ1) is 12.9. The number of amides is 1. The average molecular weight is 391 g/mol. The molecule has 2 atom stereocenters. The monoisotopic (exact) mass is 390 g/mol. The van der Waals surface area contributed by atoms with Gasteiger partial charge in [0.2, 0.25) is 0 Å². The molecule has 6 nitrogen and oxygen atoms in total. The Morgan fingerprint density at radius 1 is 1.15 bits per heavy atom. The zero-order valence-corrected chi connectivity index (χ0v) is 16.6. The van der Waals surface area contributed by atoms with Crippen molar-refractivity contribution < 1.29 is 17.6 Å². The van der Waals surface area contributed by atoms with Crippen LogP contribution in [-0.2, 0) is 9.84 Å². The quantitative estimate of drug-likeness (QED) is 0.871. The minimum absolute atomic E-state index is 0.00178. The van der Waals surface area contributed by atoms with Crippen molar-refractivity contribution in [1.29, 1.82) is 0 Å². The van der Waals surface area contributed by atoms with Gasteiger partial charge in [-0.3, -0.25) is 9.69 Å². The number of likely N-dealkylation sites (tertiary alicyclic amines) is 1. The van der Waals surface area contributed by atoms with Crippen molar-refractivity contribution in [2.75, 3.05) is 24.6 Å². The maximum atomic E-state index is 12.9. The van der Waals surface area contributed by atoms with Gasteiger partial charge in [0.1, 0.15) is 5.58 Å². The first-order valence-corrected chi connectivity index (χ1v) is 11.4. The second-order valence-electron chi connectivity index (χ2n) is 7.83. The molecule has 2 unspecified atom stereocenters. The molecule has 0 bridgehead atoms. The van der Waals surface area contributed by atoms with Crippen molar-refractivity contribution >= 4 is 26.7 Å². The summed E-state index contributed by atoms with van der Waals surface area (Å²) in [4.78, 5) is 15.2. The summed E-state index contributed by atoms with van der Waals surface area (Å²) in [5.41, 5.74) is 2.48. The molecule has 0 radical (unpaired) electrons. The van der Waals surface area contributed by atoms with Gasteiger partial charge < -0.3 is 9.73 Å². The molecular weight excluding hydrogens is 364 g/mol. The second-order valence-corrected chi connectivity index (χ2v) is 9.98. The highest BCUT2D eigenvalue weighted by molar-refractivity contribution is 7.91. The summed E-state index contributed by atoms with van der Waals surface area (Å²) in [5.74, 6) is 0.0715. The van der Waals surface area contributed by atoms with Crippen molar-refractivity contribution in [2.24, 2.45) is 0 Å². The topological polar surface area (TPSA) is 79.6 Å². The minimum atomic E-state index is -3.15. The second kappa shape index (κ2) is 6.95. The Morgan fingerprint density at radius 2 is 1.89 bits per heavy atom. The summed E-state index contributed by atoms with van der Waals surface area (Å²) < 4.78 is 30.4. The van der Waals surface area contributed by atoms with Crippen LogP contribution in [-0.4, -0.2) is 55.9 Å². The number of benzene rings is 1. The predicted molar refractivity (Wildman–Crippen MR) is 105 cm³/mol. The number of nitrogens with zero attached hydrogens (tertiary/aromatic N) is 1. The normalized spacial score (nSPS) is 25.7. The molecule has 1 aromatic heterocycles. The van der Waals surface area contributed by atoms with E-state index in [-0.39, 0.29) is 29.2 Å². The Balaban J connectivity index is 1.59. The van der Waals surface area contributed by atoms with E-state index in [1.54, 1.807) is 0 Å². The van der Waals surface area contributed by atoms with Crippen LogP contribution in [0.1, 0.15) is 40.9 Å². The number of rotatable bonds is 3. The molecule has 0 aliphatic carbocycles. The Hall–Kier alpha value is -1.86. The number of sulfone groups is 1. The molecule has 2 aliphatic rings. The van der Waals surface area contributed by atoms with Gasteiger partial charge in [0.05, 0.1) is 17.5 Å². The lowest BCUT2D eigenvalue weighted by molar-refractivity contribution is 0.0874. The highest BCUT2D eigenvalue weighted by atomic mass is 32.2. The number of fused-ring (bicyclic) bond motifs is 1. The molecule has 0 spiro atoms. The summed E-state index contributed by atoms with van der Waals surface area (Å²) in [6.45, 7) is 5.61. The fourth-order valence-electron chi connectivity index (χ4n) is 4.41. The van der Waals surface area contributed by atoms with Gasteiger partial charge in [0.25, 0.3) is 5.91 Å². The zero-order valence-electron chi connectivity index (χ0n) is 15.8. The molecule has 1 N–H and O–H groups in total. The summed E-state index contributed by atoms with van der Waals surface area (Å²) in [6.07, 6.45) is 3.35. The van der Waals surface area contributed by atoms with Crippen LogP contribution in [0.2, 0.25) is 0 Å². The first-order valence-electron chi connectivity index (χ1n) is 9.60. The predicted octanol–water partition coefficient (Wildman–Crippen LogP) is 2.43. The average Bonchev–Trinajstić information content (AvgIpc) is 3.13.